The normalized spacial score (nSPS) is 16.9. The molecule has 0 bridgehead atoms. The van der Waals surface area contributed by atoms with Crippen LogP contribution in [0.4, 0.5) is 11.5 Å². The molecule has 15 heavy (non-hydrogen) atoms. The van der Waals surface area contributed by atoms with E-state index in [1.165, 1.54) is 0 Å². The summed E-state index contributed by atoms with van der Waals surface area (Å²) >= 11 is 0. The average Bonchev–Trinajstić information content (AvgIpc) is 2.16. The third-order valence-electron chi connectivity index (χ3n) is 2.18. The van der Waals surface area contributed by atoms with E-state index in [1.807, 2.05) is 0 Å². The highest BCUT2D eigenvalue weighted by Crippen LogP contribution is 2.25. The van der Waals surface area contributed by atoms with Gasteiger partial charge in [0, 0.05) is 12.7 Å². The summed E-state index contributed by atoms with van der Waals surface area (Å²) in [7, 11) is 0. The highest BCUT2D eigenvalue weighted by molar-refractivity contribution is 6.00. The van der Waals surface area contributed by atoms with E-state index in [9.17, 15) is 9.90 Å². The fourth-order valence-corrected chi connectivity index (χ4v) is 1.65. The van der Waals surface area contributed by atoms with Gasteiger partial charge in [-0.25, -0.2) is 4.98 Å². The smallest absolute Gasteiger partial charge is 0.244 e. The second-order valence-corrected chi connectivity index (χ2v) is 3.65. The zero-order valence-corrected chi connectivity index (χ0v) is 8.47. The molecule has 0 aliphatic carbocycles. The van der Waals surface area contributed by atoms with Crippen molar-refractivity contribution in [2.45, 2.75) is 13.0 Å². The van der Waals surface area contributed by atoms with Crippen LogP contribution in [-0.2, 0) is 4.79 Å². The molecule has 2 N–H and O–H groups in total. The number of carbonyl (C=O) groups excluding carboxylic acids is 1. The Balaban J connectivity index is 2.30. The second kappa shape index (κ2) is 3.86. The number of fused-ring (bicyclic) bond motifs is 1. The third kappa shape index (κ3) is 2.07. The number of aliphatic hydroxyl groups excluding tert-OH is 1. The van der Waals surface area contributed by atoms with Gasteiger partial charge in [-0.2, -0.15) is 0 Å². The molecule has 1 atom stereocenters. The molecule has 0 saturated heterocycles. The zero-order chi connectivity index (χ0) is 10.8. The summed E-state index contributed by atoms with van der Waals surface area (Å²) in [6.07, 6.45) is 1.19. The van der Waals surface area contributed by atoms with E-state index in [2.05, 4.69) is 10.3 Å². The Bertz CT molecular complexity index is 379. The topological polar surface area (TPSA) is 65.5 Å². The molecular formula is C10H13N3O2. The number of β-amino-alcohol motifs (C(OH)–C–C–N with tert-alkyl or cyclic N) is 1. The summed E-state index contributed by atoms with van der Waals surface area (Å²) in [6, 6.07) is 3.57. The molecule has 0 fully saturated rings. The monoisotopic (exact) mass is 207 g/mol. The van der Waals surface area contributed by atoms with Crippen molar-refractivity contribution >= 4 is 17.4 Å². The molecule has 1 aliphatic rings. The number of rotatable bonds is 2. The first kappa shape index (κ1) is 9.92. The number of anilines is 2. The van der Waals surface area contributed by atoms with Gasteiger partial charge in [0.25, 0.3) is 0 Å². The van der Waals surface area contributed by atoms with Gasteiger partial charge in [0.2, 0.25) is 5.91 Å². The molecule has 1 aromatic heterocycles. The third-order valence-corrected chi connectivity index (χ3v) is 2.18. The predicted octanol–water partition coefficient (Wildman–Crippen LogP) is 0.221. The maximum atomic E-state index is 11.4. The molecule has 0 saturated carbocycles. The van der Waals surface area contributed by atoms with Crippen LogP contribution in [0.2, 0.25) is 0 Å². The Morgan fingerprint density at radius 2 is 2.53 bits per heavy atom. The van der Waals surface area contributed by atoms with Gasteiger partial charge in [0.05, 0.1) is 18.3 Å². The van der Waals surface area contributed by atoms with Gasteiger partial charge in [-0.05, 0) is 19.1 Å². The first-order valence-corrected chi connectivity index (χ1v) is 4.84. The number of nitrogens with one attached hydrogen (secondary N) is 1. The van der Waals surface area contributed by atoms with Crippen LogP contribution >= 0.6 is 0 Å². The van der Waals surface area contributed by atoms with Crippen molar-refractivity contribution in [3.05, 3.63) is 18.3 Å². The number of hydrogen-bond donors (Lipinski definition) is 2. The van der Waals surface area contributed by atoms with Crippen molar-refractivity contribution in [1.82, 2.24) is 4.98 Å². The molecule has 80 valence electrons. The van der Waals surface area contributed by atoms with Crippen molar-refractivity contribution in [3.8, 4) is 0 Å². The zero-order valence-electron chi connectivity index (χ0n) is 8.47. The van der Waals surface area contributed by atoms with Gasteiger partial charge >= 0.3 is 0 Å². The summed E-state index contributed by atoms with van der Waals surface area (Å²) in [4.78, 5) is 17.3. The highest BCUT2D eigenvalue weighted by Gasteiger charge is 2.23. The summed E-state index contributed by atoms with van der Waals surface area (Å²) in [6.45, 7) is 2.35. The van der Waals surface area contributed by atoms with Crippen LogP contribution < -0.4 is 10.2 Å². The molecule has 1 aromatic rings. The van der Waals surface area contributed by atoms with E-state index in [0.717, 1.165) is 5.82 Å². The Morgan fingerprint density at radius 3 is 3.27 bits per heavy atom. The summed E-state index contributed by atoms with van der Waals surface area (Å²) in [5.74, 6) is 0.647. The number of carbonyl (C=O) groups is 1. The van der Waals surface area contributed by atoms with Crippen LogP contribution in [0.1, 0.15) is 6.92 Å². The maximum absolute atomic E-state index is 11.4. The van der Waals surface area contributed by atoms with Gasteiger partial charge in [-0.3, -0.25) is 4.79 Å². The predicted molar refractivity (Wildman–Crippen MR) is 56.8 cm³/mol. The van der Waals surface area contributed by atoms with Gasteiger partial charge in [-0.15, -0.1) is 0 Å². The average molecular weight is 207 g/mol. The van der Waals surface area contributed by atoms with Crippen LogP contribution in [0.25, 0.3) is 0 Å². The minimum Gasteiger partial charge on any atom is -0.392 e. The van der Waals surface area contributed by atoms with Crippen molar-refractivity contribution in [1.29, 1.82) is 0 Å². The van der Waals surface area contributed by atoms with E-state index in [-0.39, 0.29) is 12.5 Å². The second-order valence-electron chi connectivity index (χ2n) is 3.65. The fourth-order valence-electron chi connectivity index (χ4n) is 1.65. The van der Waals surface area contributed by atoms with E-state index >= 15 is 0 Å². The highest BCUT2D eigenvalue weighted by atomic mass is 16.3. The summed E-state index contributed by atoms with van der Waals surface area (Å²) in [5.41, 5.74) is 0.703. The van der Waals surface area contributed by atoms with Gasteiger partial charge < -0.3 is 15.3 Å². The SMILES string of the molecule is CC(O)CN1CC(=O)Nc2cccnc21. The molecule has 1 amide bonds. The Labute approximate surface area is 87.7 Å². The lowest BCUT2D eigenvalue weighted by molar-refractivity contribution is -0.115. The molecule has 0 spiro atoms. The first-order valence-electron chi connectivity index (χ1n) is 4.84. The molecule has 2 heterocycles. The van der Waals surface area contributed by atoms with Crippen molar-refractivity contribution < 1.29 is 9.90 Å². The van der Waals surface area contributed by atoms with Gasteiger partial charge in [0.15, 0.2) is 5.82 Å². The van der Waals surface area contributed by atoms with Crippen LogP contribution in [0.5, 0.6) is 0 Å². The quantitative estimate of drug-likeness (QED) is 0.728. The standard InChI is InChI=1S/C10H13N3O2/c1-7(14)5-13-6-9(15)12-8-3-2-4-11-10(8)13/h2-4,7,14H,5-6H2,1H3,(H,12,15). The number of aliphatic hydroxyl groups is 1. The van der Waals surface area contributed by atoms with E-state index in [4.69, 9.17) is 0 Å². The van der Waals surface area contributed by atoms with E-state index < -0.39 is 6.10 Å². The molecular weight excluding hydrogens is 194 g/mol. The Morgan fingerprint density at radius 1 is 1.73 bits per heavy atom. The van der Waals surface area contributed by atoms with Crippen LogP contribution in [0.15, 0.2) is 18.3 Å². The van der Waals surface area contributed by atoms with Crippen molar-refractivity contribution in [3.63, 3.8) is 0 Å². The Kier molecular flexibility index (Phi) is 2.55. The number of pyridine rings is 1. The number of amides is 1. The summed E-state index contributed by atoms with van der Waals surface area (Å²) < 4.78 is 0. The van der Waals surface area contributed by atoms with E-state index in [1.54, 1.807) is 30.2 Å². The molecule has 0 aromatic carbocycles. The fraction of sp³-hybridized carbons (Fsp3) is 0.400. The maximum Gasteiger partial charge on any atom is 0.244 e. The van der Waals surface area contributed by atoms with Crippen LogP contribution in [-0.4, -0.2) is 35.2 Å². The molecule has 5 nitrogen and oxygen atoms in total. The molecule has 1 aliphatic heterocycles. The van der Waals surface area contributed by atoms with Crippen molar-refractivity contribution in [2.24, 2.45) is 0 Å². The van der Waals surface area contributed by atoms with Crippen LogP contribution in [0.3, 0.4) is 0 Å². The largest absolute Gasteiger partial charge is 0.392 e. The lowest BCUT2D eigenvalue weighted by Crippen LogP contribution is -2.42. The molecule has 0 radical (unpaired) electrons. The first-order chi connectivity index (χ1) is 7.16. The summed E-state index contributed by atoms with van der Waals surface area (Å²) in [5, 5.41) is 12.1. The lowest BCUT2D eigenvalue weighted by Gasteiger charge is -2.30. The minimum absolute atomic E-state index is 0.0730. The van der Waals surface area contributed by atoms with Gasteiger partial charge in [0.1, 0.15) is 0 Å². The minimum atomic E-state index is -0.481. The number of hydrogen-bond acceptors (Lipinski definition) is 4. The van der Waals surface area contributed by atoms with Gasteiger partial charge in [-0.1, -0.05) is 0 Å². The number of nitrogens with zero attached hydrogens (tertiary/aromatic N) is 2. The number of aromatic nitrogens is 1. The lowest BCUT2D eigenvalue weighted by atomic mass is 10.2. The Hall–Kier alpha value is -1.62. The van der Waals surface area contributed by atoms with Crippen molar-refractivity contribution in [2.75, 3.05) is 23.3 Å². The molecule has 2 rings (SSSR count). The van der Waals surface area contributed by atoms with E-state index in [0.29, 0.717) is 12.2 Å². The molecule has 5 heteroatoms. The molecule has 1 unspecified atom stereocenters. The van der Waals surface area contributed by atoms with Crippen LogP contribution in [0, 0.1) is 0 Å².